The fraction of sp³-hybridized carbons (Fsp3) is 0.882. The zero-order valence-electron chi connectivity index (χ0n) is 13.7. The normalized spacial score (nSPS) is 11.8. The molecule has 0 heterocycles. The summed E-state index contributed by atoms with van der Waals surface area (Å²) in [5.74, 6) is 0. The van der Waals surface area contributed by atoms with Crippen LogP contribution in [0.15, 0.2) is 12.2 Å². The van der Waals surface area contributed by atoms with Crippen molar-refractivity contribution in [2.24, 2.45) is 5.73 Å². The minimum Gasteiger partial charge on any atom is -0.394 e. The van der Waals surface area contributed by atoms with Gasteiger partial charge in [-0.1, -0.05) is 57.6 Å². The van der Waals surface area contributed by atoms with Crippen LogP contribution in [-0.2, 0) is 0 Å². The van der Waals surface area contributed by atoms with E-state index < -0.39 is 5.54 Å². The zero-order valence-corrected chi connectivity index (χ0v) is 14.5. The van der Waals surface area contributed by atoms with E-state index in [1.54, 1.807) is 0 Å². The quantitative estimate of drug-likeness (QED) is 0.335. The third-order valence-electron chi connectivity index (χ3n) is 3.82. The van der Waals surface area contributed by atoms with Gasteiger partial charge >= 0.3 is 0 Å². The molecule has 4 N–H and O–H groups in total. The van der Waals surface area contributed by atoms with Crippen LogP contribution in [-0.4, -0.2) is 29.0 Å². The van der Waals surface area contributed by atoms with E-state index in [0.717, 1.165) is 12.8 Å². The first kappa shape index (κ1) is 23.2. The number of nitrogens with two attached hydrogens (primary N) is 1. The largest absolute Gasteiger partial charge is 0.394 e. The average molecular weight is 322 g/mol. The zero-order chi connectivity index (χ0) is 15.1. The van der Waals surface area contributed by atoms with Gasteiger partial charge in [-0.05, 0) is 32.1 Å². The summed E-state index contributed by atoms with van der Waals surface area (Å²) in [4.78, 5) is 0. The van der Waals surface area contributed by atoms with Gasteiger partial charge in [0.25, 0.3) is 0 Å². The molecule has 0 fully saturated rings. The van der Waals surface area contributed by atoms with Gasteiger partial charge in [0.05, 0.1) is 18.8 Å². The van der Waals surface area contributed by atoms with E-state index in [4.69, 9.17) is 15.9 Å². The van der Waals surface area contributed by atoms with Crippen molar-refractivity contribution in [3.05, 3.63) is 12.2 Å². The third-order valence-corrected chi connectivity index (χ3v) is 3.82. The summed E-state index contributed by atoms with van der Waals surface area (Å²) < 4.78 is 0. The number of hydrogen-bond acceptors (Lipinski definition) is 3. The first-order valence-electron chi connectivity index (χ1n) is 8.34. The van der Waals surface area contributed by atoms with Crippen LogP contribution in [0.1, 0.15) is 77.6 Å². The van der Waals surface area contributed by atoms with Crippen molar-refractivity contribution >= 4 is 12.4 Å². The molecule has 128 valence electrons. The molecule has 0 unspecified atom stereocenters. The highest BCUT2D eigenvalue weighted by atomic mass is 35.5. The van der Waals surface area contributed by atoms with Gasteiger partial charge in [-0.2, -0.15) is 0 Å². The van der Waals surface area contributed by atoms with E-state index in [9.17, 15) is 0 Å². The fourth-order valence-corrected chi connectivity index (χ4v) is 2.24. The molecule has 0 aliphatic carbocycles. The van der Waals surface area contributed by atoms with E-state index in [1.165, 1.54) is 51.4 Å². The van der Waals surface area contributed by atoms with Crippen LogP contribution in [0.4, 0.5) is 0 Å². The lowest BCUT2D eigenvalue weighted by Gasteiger charge is -2.23. The number of rotatable bonds is 14. The van der Waals surface area contributed by atoms with Crippen LogP contribution < -0.4 is 5.73 Å². The number of hydrogen-bond donors (Lipinski definition) is 3. The molecule has 4 heteroatoms. The SMILES string of the molecule is CCCCCCCCCC=CCCCC(N)(CO)CO.Cl. The van der Waals surface area contributed by atoms with Crippen molar-refractivity contribution in [2.45, 2.75) is 83.1 Å². The summed E-state index contributed by atoms with van der Waals surface area (Å²) in [7, 11) is 0. The number of halogens is 1. The fourth-order valence-electron chi connectivity index (χ4n) is 2.24. The molecule has 0 bridgehead atoms. The molecule has 0 aromatic heterocycles. The Bertz CT molecular complexity index is 231. The topological polar surface area (TPSA) is 66.5 Å². The molecular formula is C17H36ClNO2. The molecular weight excluding hydrogens is 286 g/mol. The summed E-state index contributed by atoms with van der Waals surface area (Å²) in [6.07, 6.45) is 17.7. The lowest BCUT2D eigenvalue weighted by molar-refractivity contribution is 0.113. The molecule has 21 heavy (non-hydrogen) atoms. The monoisotopic (exact) mass is 321 g/mol. The van der Waals surface area contributed by atoms with Crippen molar-refractivity contribution < 1.29 is 10.2 Å². The summed E-state index contributed by atoms with van der Waals surface area (Å²) >= 11 is 0. The Hall–Kier alpha value is -0.0900. The van der Waals surface area contributed by atoms with Crippen LogP contribution in [0.25, 0.3) is 0 Å². The van der Waals surface area contributed by atoms with Gasteiger partial charge in [-0.3, -0.25) is 0 Å². The Labute approximate surface area is 137 Å². The van der Waals surface area contributed by atoms with Gasteiger partial charge in [0.2, 0.25) is 0 Å². The first-order valence-corrected chi connectivity index (χ1v) is 8.34. The van der Waals surface area contributed by atoms with Gasteiger partial charge in [0.15, 0.2) is 0 Å². The van der Waals surface area contributed by atoms with Crippen molar-refractivity contribution in [1.29, 1.82) is 0 Å². The molecule has 0 spiro atoms. The van der Waals surface area contributed by atoms with Crippen LogP contribution in [0.5, 0.6) is 0 Å². The Morgan fingerprint density at radius 3 is 1.81 bits per heavy atom. The molecule has 0 radical (unpaired) electrons. The maximum Gasteiger partial charge on any atom is 0.0633 e. The summed E-state index contributed by atoms with van der Waals surface area (Å²) in [5.41, 5.74) is 5.00. The van der Waals surface area contributed by atoms with Gasteiger partial charge < -0.3 is 15.9 Å². The second kappa shape index (κ2) is 16.3. The Morgan fingerprint density at radius 1 is 0.810 bits per heavy atom. The highest BCUT2D eigenvalue weighted by Gasteiger charge is 2.21. The molecule has 0 aliphatic rings. The number of aliphatic hydroxyl groups excluding tert-OH is 2. The summed E-state index contributed by atoms with van der Waals surface area (Å²) in [5, 5.41) is 18.1. The Morgan fingerprint density at radius 2 is 1.29 bits per heavy atom. The molecule has 0 aromatic carbocycles. The first-order chi connectivity index (χ1) is 9.68. The lowest BCUT2D eigenvalue weighted by atomic mass is 9.96. The van der Waals surface area contributed by atoms with Gasteiger partial charge in [0.1, 0.15) is 0 Å². The van der Waals surface area contributed by atoms with E-state index in [0.29, 0.717) is 6.42 Å². The lowest BCUT2D eigenvalue weighted by Crippen LogP contribution is -2.47. The third kappa shape index (κ3) is 14.6. The highest BCUT2D eigenvalue weighted by Crippen LogP contribution is 2.11. The molecule has 3 nitrogen and oxygen atoms in total. The minimum atomic E-state index is -0.799. The number of unbranched alkanes of at least 4 members (excludes halogenated alkanes) is 8. The van der Waals surface area contributed by atoms with Gasteiger partial charge in [-0.25, -0.2) is 0 Å². The number of aliphatic hydroxyl groups is 2. The summed E-state index contributed by atoms with van der Waals surface area (Å²) in [6.45, 7) is 1.96. The van der Waals surface area contributed by atoms with Crippen molar-refractivity contribution in [3.63, 3.8) is 0 Å². The molecule has 0 saturated carbocycles. The molecule has 0 amide bonds. The number of allylic oxidation sites excluding steroid dienone is 2. The molecule has 0 aliphatic heterocycles. The molecule has 0 aromatic rings. The maximum absolute atomic E-state index is 9.06. The highest BCUT2D eigenvalue weighted by molar-refractivity contribution is 5.85. The Balaban J connectivity index is 0. The standard InChI is InChI=1S/C17H35NO2.ClH/c1-2-3-4-5-6-7-8-9-10-11-12-13-14-17(18,15-19)16-20;/h10-11,19-20H,2-9,12-16,18H2,1H3;1H. The molecule has 0 saturated heterocycles. The molecule has 0 rings (SSSR count). The van der Waals surface area contributed by atoms with Gasteiger partial charge in [0, 0.05) is 0 Å². The van der Waals surface area contributed by atoms with E-state index in [2.05, 4.69) is 19.1 Å². The second-order valence-corrected chi connectivity index (χ2v) is 5.95. The van der Waals surface area contributed by atoms with Crippen molar-refractivity contribution in [3.8, 4) is 0 Å². The minimum absolute atomic E-state index is 0. The van der Waals surface area contributed by atoms with Crippen molar-refractivity contribution in [1.82, 2.24) is 0 Å². The van der Waals surface area contributed by atoms with Gasteiger partial charge in [-0.15, -0.1) is 12.4 Å². The van der Waals surface area contributed by atoms with Crippen LogP contribution in [0, 0.1) is 0 Å². The van der Waals surface area contributed by atoms with E-state index >= 15 is 0 Å². The van der Waals surface area contributed by atoms with Crippen LogP contribution in [0.2, 0.25) is 0 Å². The van der Waals surface area contributed by atoms with Crippen LogP contribution in [0.3, 0.4) is 0 Å². The van der Waals surface area contributed by atoms with Crippen LogP contribution >= 0.6 is 12.4 Å². The maximum atomic E-state index is 9.06. The Kier molecular flexibility index (Phi) is 18.0. The summed E-state index contributed by atoms with van der Waals surface area (Å²) in [6, 6.07) is 0. The smallest absolute Gasteiger partial charge is 0.0633 e. The van der Waals surface area contributed by atoms with Crippen molar-refractivity contribution in [2.75, 3.05) is 13.2 Å². The predicted octanol–water partition coefficient (Wildman–Crippen LogP) is 3.96. The second-order valence-electron chi connectivity index (χ2n) is 5.95. The predicted molar refractivity (Wildman–Crippen MR) is 93.9 cm³/mol. The molecule has 0 atom stereocenters. The average Bonchev–Trinajstić information content (AvgIpc) is 2.48. The van der Waals surface area contributed by atoms with E-state index in [1.807, 2.05) is 0 Å². The van der Waals surface area contributed by atoms with E-state index in [-0.39, 0.29) is 25.6 Å².